The monoisotopic (exact) mass is 333 g/mol. The van der Waals surface area contributed by atoms with Gasteiger partial charge in [0, 0.05) is 12.5 Å². The molecule has 1 aliphatic rings. The van der Waals surface area contributed by atoms with Crippen LogP contribution in [0.15, 0.2) is 34.9 Å². The van der Waals surface area contributed by atoms with E-state index >= 15 is 0 Å². The number of halogens is 1. The van der Waals surface area contributed by atoms with Crippen molar-refractivity contribution in [2.45, 2.75) is 44.7 Å². The fourth-order valence-electron chi connectivity index (χ4n) is 3.25. The van der Waals surface area contributed by atoms with E-state index in [-0.39, 0.29) is 6.04 Å². The second-order valence-corrected chi connectivity index (χ2v) is 6.32. The lowest BCUT2D eigenvalue weighted by Crippen LogP contribution is -2.22. The maximum absolute atomic E-state index is 6.60. The van der Waals surface area contributed by atoms with Crippen molar-refractivity contribution >= 4 is 15.9 Å². The Kier molecular flexibility index (Phi) is 3.94. The van der Waals surface area contributed by atoms with Gasteiger partial charge in [-0.1, -0.05) is 31.2 Å². The number of hydrogen-bond acceptors (Lipinski definition) is 2. The molecule has 1 heterocycles. The summed E-state index contributed by atoms with van der Waals surface area (Å²) in [6.45, 7) is 3.08. The van der Waals surface area contributed by atoms with Gasteiger partial charge in [-0.25, -0.2) is 0 Å². The molecule has 0 amide bonds. The van der Waals surface area contributed by atoms with Crippen molar-refractivity contribution in [1.82, 2.24) is 9.78 Å². The van der Waals surface area contributed by atoms with E-state index in [1.807, 2.05) is 6.20 Å². The molecule has 3 rings (SSSR count). The Balaban J connectivity index is 1.94. The smallest absolute Gasteiger partial charge is 0.0699 e. The Hall–Kier alpha value is -1.13. The molecule has 4 heteroatoms. The van der Waals surface area contributed by atoms with Crippen molar-refractivity contribution in [2.75, 3.05) is 0 Å². The van der Waals surface area contributed by atoms with Crippen LogP contribution in [0.1, 0.15) is 48.5 Å². The first-order valence-electron chi connectivity index (χ1n) is 7.27. The number of nitrogens with zero attached hydrogens (tertiary/aromatic N) is 2. The van der Waals surface area contributed by atoms with E-state index in [2.05, 4.69) is 56.9 Å². The average molecular weight is 334 g/mol. The van der Waals surface area contributed by atoms with Crippen LogP contribution >= 0.6 is 15.9 Å². The van der Waals surface area contributed by atoms with Crippen molar-refractivity contribution in [3.8, 4) is 0 Å². The molecule has 0 radical (unpaired) electrons. The molecule has 1 aromatic heterocycles. The van der Waals surface area contributed by atoms with Crippen LogP contribution in [-0.4, -0.2) is 9.78 Å². The zero-order valence-corrected chi connectivity index (χ0v) is 13.3. The van der Waals surface area contributed by atoms with Crippen LogP contribution in [0.4, 0.5) is 0 Å². The molecule has 0 saturated heterocycles. The summed E-state index contributed by atoms with van der Waals surface area (Å²) in [6, 6.07) is 8.68. The molecule has 2 aromatic rings. The van der Waals surface area contributed by atoms with Crippen molar-refractivity contribution in [1.29, 1.82) is 0 Å². The maximum atomic E-state index is 6.60. The Morgan fingerprint density at radius 1 is 1.45 bits per heavy atom. The highest BCUT2D eigenvalue weighted by Gasteiger charge is 2.31. The van der Waals surface area contributed by atoms with Gasteiger partial charge in [-0.2, -0.15) is 5.10 Å². The molecule has 106 valence electrons. The van der Waals surface area contributed by atoms with Gasteiger partial charge >= 0.3 is 0 Å². The molecular formula is C16H20BrN3. The summed E-state index contributed by atoms with van der Waals surface area (Å²) < 4.78 is 3.08. The Labute approximate surface area is 128 Å². The number of aryl methyl sites for hydroxylation is 2. The lowest BCUT2D eigenvalue weighted by atomic mass is 9.91. The summed E-state index contributed by atoms with van der Waals surface area (Å²) in [5.74, 6) is 0.398. The molecule has 20 heavy (non-hydrogen) atoms. The van der Waals surface area contributed by atoms with Crippen LogP contribution in [0.25, 0.3) is 0 Å². The van der Waals surface area contributed by atoms with Gasteiger partial charge in [0.25, 0.3) is 0 Å². The number of hydrogen-bond donors (Lipinski definition) is 1. The van der Waals surface area contributed by atoms with E-state index in [9.17, 15) is 0 Å². The van der Waals surface area contributed by atoms with Crippen molar-refractivity contribution in [2.24, 2.45) is 5.73 Å². The molecule has 0 spiro atoms. The standard InChI is InChI=1S/C16H20BrN3/c1-2-9-20-16(14(17)10-19-20)15(18)13-8-7-11-5-3-4-6-12(11)13/h3-6,10,13,15H,2,7-9,18H2,1H3. The summed E-state index contributed by atoms with van der Waals surface area (Å²) >= 11 is 3.61. The molecule has 2 N–H and O–H groups in total. The van der Waals surface area contributed by atoms with Crippen LogP contribution in [-0.2, 0) is 13.0 Å². The summed E-state index contributed by atoms with van der Waals surface area (Å²) in [4.78, 5) is 0. The highest BCUT2D eigenvalue weighted by Crippen LogP contribution is 2.41. The number of rotatable bonds is 4. The Morgan fingerprint density at radius 3 is 3.05 bits per heavy atom. The van der Waals surface area contributed by atoms with E-state index in [0.29, 0.717) is 5.92 Å². The van der Waals surface area contributed by atoms with E-state index in [1.54, 1.807) is 0 Å². The van der Waals surface area contributed by atoms with Crippen LogP contribution < -0.4 is 5.73 Å². The van der Waals surface area contributed by atoms with Gasteiger partial charge < -0.3 is 5.73 Å². The van der Waals surface area contributed by atoms with Crippen molar-refractivity contribution in [3.63, 3.8) is 0 Å². The molecule has 0 saturated carbocycles. The van der Waals surface area contributed by atoms with Crippen molar-refractivity contribution in [3.05, 3.63) is 51.8 Å². The number of aromatic nitrogens is 2. The molecule has 2 atom stereocenters. The predicted octanol–water partition coefficient (Wildman–Crippen LogP) is 3.79. The molecule has 0 fully saturated rings. The number of fused-ring (bicyclic) bond motifs is 1. The van der Waals surface area contributed by atoms with E-state index in [1.165, 1.54) is 11.1 Å². The quantitative estimate of drug-likeness (QED) is 0.925. The SMILES string of the molecule is CCCn1ncc(Br)c1C(N)C1CCc2ccccc21. The fourth-order valence-corrected chi connectivity index (χ4v) is 3.81. The summed E-state index contributed by atoms with van der Waals surface area (Å²) in [5, 5.41) is 4.44. The second kappa shape index (κ2) is 5.70. The first-order valence-corrected chi connectivity index (χ1v) is 8.06. The Morgan fingerprint density at radius 2 is 2.25 bits per heavy atom. The van der Waals surface area contributed by atoms with Gasteiger partial charge in [0.05, 0.1) is 22.4 Å². The molecular weight excluding hydrogens is 314 g/mol. The van der Waals surface area contributed by atoms with E-state index < -0.39 is 0 Å². The van der Waals surface area contributed by atoms with Crippen LogP contribution in [0.3, 0.4) is 0 Å². The lowest BCUT2D eigenvalue weighted by Gasteiger charge is -2.22. The fraction of sp³-hybridized carbons (Fsp3) is 0.438. The number of benzene rings is 1. The minimum atomic E-state index is 0.00192. The van der Waals surface area contributed by atoms with Gasteiger partial charge in [-0.15, -0.1) is 0 Å². The predicted molar refractivity (Wildman–Crippen MR) is 84.7 cm³/mol. The largest absolute Gasteiger partial charge is 0.322 e. The zero-order chi connectivity index (χ0) is 14.1. The van der Waals surface area contributed by atoms with Gasteiger partial charge in [0.1, 0.15) is 0 Å². The highest BCUT2D eigenvalue weighted by molar-refractivity contribution is 9.10. The van der Waals surface area contributed by atoms with Gasteiger partial charge in [-0.3, -0.25) is 4.68 Å². The zero-order valence-electron chi connectivity index (χ0n) is 11.7. The van der Waals surface area contributed by atoms with E-state index in [0.717, 1.165) is 36.0 Å². The first-order chi connectivity index (χ1) is 9.72. The van der Waals surface area contributed by atoms with Crippen molar-refractivity contribution < 1.29 is 0 Å². The summed E-state index contributed by atoms with van der Waals surface area (Å²) in [6.07, 6.45) is 5.19. The Bertz CT molecular complexity index is 606. The molecule has 2 unspecified atom stereocenters. The van der Waals surface area contributed by atoms with Crippen LogP contribution in [0, 0.1) is 0 Å². The third kappa shape index (κ3) is 2.31. The minimum Gasteiger partial charge on any atom is -0.322 e. The minimum absolute atomic E-state index is 0.00192. The second-order valence-electron chi connectivity index (χ2n) is 5.47. The molecule has 0 bridgehead atoms. The molecule has 0 aliphatic heterocycles. The third-order valence-corrected chi connectivity index (χ3v) is 4.81. The van der Waals surface area contributed by atoms with Gasteiger partial charge in [0.15, 0.2) is 0 Å². The first kappa shape index (κ1) is 13.8. The summed E-state index contributed by atoms with van der Waals surface area (Å²) in [5.41, 5.74) is 10.6. The normalized spacial score (nSPS) is 19.1. The summed E-state index contributed by atoms with van der Waals surface area (Å²) in [7, 11) is 0. The highest BCUT2D eigenvalue weighted by atomic mass is 79.9. The van der Waals surface area contributed by atoms with Gasteiger partial charge in [0.2, 0.25) is 0 Å². The lowest BCUT2D eigenvalue weighted by molar-refractivity contribution is 0.481. The average Bonchev–Trinajstić information content (AvgIpc) is 3.03. The molecule has 1 aliphatic carbocycles. The number of nitrogens with two attached hydrogens (primary N) is 1. The van der Waals surface area contributed by atoms with Gasteiger partial charge in [-0.05, 0) is 46.3 Å². The van der Waals surface area contributed by atoms with E-state index in [4.69, 9.17) is 5.73 Å². The topological polar surface area (TPSA) is 43.8 Å². The molecule has 3 nitrogen and oxygen atoms in total. The third-order valence-electron chi connectivity index (χ3n) is 4.20. The van der Waals surface area contributed by atoms with Crippen LogP contribution in [0.5, 0.6) is 0 Å². The van der Waals surface area contributed by atoms with Crippen LogP contribution in [0.2, 0.25) is 0 Å². The maximum Gasteiger partial charge on any atom is 0.0699 e. The molecule has 1 aromatic carbocycles.